The number of carbonyl (C=O) groups is 1. The Morgan fingerprint density at radius 2 is 2.21 bits per heavy atom. The molecule has 0 amide bonds. The van der Waals surface area contributed by atoms with Crippen molar-refractivity contribution in [3.63, 3.8) is 0 Å². The summed E-state index contributed by atoms with van der Waals surface area (Å²) >= 11 is 0. The predicted molar refractivity (Wildman–Crippen MR) is 53.9 cm³/mol. The fourth-order valence-electron chi connectivity index (χ4n) is 1.05. The van der Waals surface area contributed by atoms with Crippen LogP contribution in [0.2, 0.25) is 0 Å². The third-order valence-electron chi connectivity index (χ3n) is 1.76. The number of hydrogen-bond donors (Lipinski definition) is 1. The molecule has 0 fully saturated rings. The fourth-order valence-corrected chi connectivity index (χ4v) is 1.05. The number of alkyl halides is 1. The molecule has 0 aromatic heterocycles. The lowest BCUT2D eigenvalue weighted by atomic mass is 10.2. The van der Waals surface area contributed by atoms with E-state index in [9.17, 15) is 9.18 Å². The van der Waals surface area contributed by atoms with Gasteiger partial charge in [0.05, 0.1) is 6.61 Å². The van der Waals surface area contributed by atoms with E-state index in [2.05, 4.69) is 5.32 Å². The molecule has 84 valence electrons. The molecule has 0 saturated heterocycles. The van der Waals surface area contributed by atoms with Crippen LogP contribution in [0.1, 0.15) is 33.1 Å². The first-order valence-electron chi connectivity index (χ1n) is 5.21. The largest absolute Gasteiger partial charge is 0.466 e. The summed E-state index contributed by atoms with van der Waals surface area (Å²) in [6, 6.07) is 0. The van der Waals surface area contributed by atoms with Gasteiger partial charge in [-0.1, -0.05) is 6.92 Å². The second-order valence-corrected chi connectivity index (χ2v) is 3.15. The second-order valence-electron chi connectivity index (χ2n) is 3.15. The van der Waals surface area contributed by atoms with Gasteiger partial charge < -0.3 is 10.1 Å². The van der Waals surface area contributed by atoms with Gasteiger partial charge >= 0.3 is 5.97 Å². The van der Waals surface area contributed by atoms with Gasteiger partial charge in [-0.15, -0.1) is 0 Å². The lowest BCUT2D eigenvalue weighted by Gasteiger charge is -2.08. The van der Waals surface area contributed by atoms with Crippen molar-refractivity contribution >= 4 is 5.97 Å². The van der Waals surface area contributed by atoms with Gasteiger partial charge in [-0.2, -0.15) is 0 Å². The zero-order valence-electron chi connectivity index (χ0n) is 9.01. The van der Waals surface area contributed by atoms with E-state index < -0.39 is 6.17 Å². The average Bonchev–Trinajstić information content (AvgIpc) is 2.16. The molecule has 0 radical (unpaired) electrons. The van der Waals surface area contributed by atoms with E-state index in [-0.39, 0.29) is 18.8 Å². The zero-order valence-corrected chi connectivity index (χ0v) is 9.01. The minimum absolute atomic E-state index is 0.169. The highest BCUT2D eigenvalue weighted by Crippen LogP contribution is 2.02. The highest BCUT2D eigenvalue weighted by atomic mass is 19.1. The number of hydrogen-bond acceptors (Lipinski definition) is 3. The molecule has 0 rings (SSSR count). The van der Waals surface area contributed by atoms with Crippen LogP contribution in [0.25, 0.3) is 0 Å². The number of halogens is 1. The Morgan fingerprint density at radius 1 is 1.50 bits per heavy atom. The standard InChI is InChI=1S/C10H20FNO2/c1-3-7-12-8-9(11)5-6-10(13)14-4-2/h9,12H,3-8H2,1-2H3/t9-/m1/s1. The van der Waals surface area contributed by atoms with Gasteiger partial charge in [-0.3, -0.25) is 4.79 Å². The maximum atomic E-state index is 13.1. The minimum atomic E-state index is -0.953. The Labute approximate surface area is 85.0 Å². The number of esters is 1. The van der Waals surface area contributed by atoms with Crippen LogP contribution in [0.4, 0.5) is 4.39 Å². The maximum absolute atomic E-state index is 13.1. The number of nitrogens with one attached hydrogen (secondary N) is 1. The molecule has 0 aromatic rings. The first-order valence-corrected chi connectivity index (χ1v) is 5.21. The molecule has 1 N–H and O–H groups in total. The van der Waals surface area contributed by atoms with E-state index >= 15 is 0 Å². The van der Waals surface area contributed by atoms with Crippen molar-refractivity contribution in [3.05, 3.63) is 0 Å². The van der Waals surface area contributed by atoms with Crippen molar-refractivity contribution in [2.45, 2.75) is 39.3 Å². The van der Waals surface area contributed by atoms with Gasteiger partial charge in [0.1, 0.15) is 6.17 Å². The van der Waals surface area contributed by atoms with E-state index in [0.717, 1.165) is 13.0 Å². The smallest absolute Gasteiger partial charge is 0.305 e. The van der Waals surface area contributed by atoms with Crippen LogP contribution in [0, 0.1) is 0 Å². The minimum Gasteiger partial charge on any atom is -0.466 e. The second kappa shape index (κ2) is 8.94. The van der Waals surface area contributed by atoms with Crippen LogP contribution in [-0.2, 0) is 9.53 Å². The molecule has 0 saturated carbocycles. The average molecular weight is 205 g/mol. The first-order chi connectivity index (χ1) is 6.70. The summed E-state index contributed by atoms with van der Waals surface area (Å²) in [5, 5.41) is 2.96. The Bertz CT molecular complexity index is 153. The van der Waals surface area contributed by atoms with Gasteiger partial charge in [0.2, 0.25) is 0 Å². The van der Waals surface area contributed by atoms with Crippen LogP contribution in [0.15, 0.2) is 0 Å². The normalized spacial score (nSPS) is 12.5. The van der Waals surface area contributed by atoms with E-state index in [4.69, 9.17) is 4.74 Å². The molecule has 0 aliphatic carbocycles. The number of carbonyl (C=O) groups excluding carboxylic acids is 1. The third kappa shape index (κ3) is 7.98. The molecule has 0 bridgehead atoms. The highest BCUT2D eigenvalue weighted by Gasteiger charge is 2.09. The fraction of sp³-hybridized carbons (Fsp3) is 0.900. The molecule has 0 aromatic carbocycles. The Morgan fingerprint density at radius 3 is 2.79 bits per heavy atom. The van der Waals surface area contributed by atoms with Crippen LogP contribution in [-0.4, -0.2) is 31.8 Å². The first kappa shape index (κ1) is 13.4. The van der Waals surface area contributed by atoms with Gasteiger partial charge in [0, 0.05) is 13.0 Å². The molecule has 1 atom stereocenters. The SMILES string of the molecule is CCCNC[C@H](F)CCC(=O)OCC. The Kier molecular flexibility index (Phi) is 8.53. The van der Waals surface area contributed by atoms with Crippen molar-refractivity contribution in [1.29, 1.82) is 0 Å². The van der Waals surface area contributed by atoms with Crippen LogP contribution in [0.3, 0.4) is 0 Å². The molecule has 0 aliphatic rings. The summed E-state index contributed by atoms with van der Waals surface area (Å²) in [4.78, 5) is 10.9. The van der Waals surface area contributed by atoms with Crippen molar-refractivity contribution in [1.82, 2.24) is 5.32 Å². The maximum Gasteiger partial charge on any atom is 0.305 e. The van der Waals surface area contributed by atoms with Gasteiger partial charge in [-0.25, -0.2) is 4.39 Å². The van der Waals surface area contributed by atoms with Gasteiger partial charge in [-0.05, 0) is 26.3 Å². The number of ether oxygens (including phenoxy) is 1. The van der Waals surface area contributed by atoms with Crippen molar-refractivity contribution in [3.8, 4) is 0 Å². The molecule has 0 aliphatic heterocycles. The Balaban J connectivity index is 3.33. The summed E-state index contributed by atoms with van der Waals surface area (Å²) < 4.78 is 17.7. The van der Waals surface area contributed by atoms with Crippen molar-refractivity contribution in [2.75, 3.05) is 19.7 Å². The molecule has 0 unspecified atom stereocenters. The summed E-state index contributed by atoms with van der Waals surface area (Å²) in [6.07, 6.45) is 0.453. The summed E-state index contributed by atoms with van der Waals surface area (Å²) in [5.41, 5.74) is 0. The third-order valence-corrected chi connectivity index (χ3v) is 1.76. The highest BCUT2D eigenvalue weighted by molar-refractivity contribution is 5.69. The van der Waals surface area contributed by atoms with E-state index in [1.165, 1.54) is 0 Å². The molecule has 14 heavy (non-hydrogen) atoms. The topological polar surface area (TPSA) is 38.3 Å². The predicted octanol–water partition coefficient (Wildman–Crippen LogP) is 1.67. The summed E-state index contributed by atoms with van der Waals surface area (Å²) in [5.74, 6) is -0.314. The van der Waals surface area contributed by atoms with Crippen molar-refractivity contribution < 1.29 is 13.9 Å². The Hall–Kier alpha value is -0.640. The van der Waals surface area contributed by atoms with Gasteiger partial charge in [0.15, 0.2) is 0 Å². The van der Waals surface area contributed by atoms with E-state index in [1.807, 2.05) is 6.92 Å². The summed E-state index contributed by atoms with van der Waals surface area (Å²) in [7, 11) is 0. The molecule has 4 heteroatoms. The number of rotatable bonds is 8. The van der Waals surface area contributed by atoms with Crippen LogP contribution < -0.4 is 5.32 Å². The molecular weight excluding hydrogens is 185 g/mol. The van der Waals surface area contributed by atoms with E-state index in [1.54, 1.807) is 6.92 Å². The van der Waals surface area contributed by atoms with Crippen LogP contribution >= 0.6 is 0 Å². The van der Waals surface area contributed by atoms with E-state index in [0.29, 0.717) is 13.2 Å². The zero-order chi connectivity index (χ0) is 10.8. The monoisotopic (exact) mass is 205 g/mol. The summed E-state index contributed by atoms with van der Waals surface area (Å²) in [6.45, 7) is 5.28. The lowest BCUT2D eigenvalue weighted by Crippen LogP contribution is -2.25. The molecule has 3 nitrogen and oxygen atoms in total. The lowest BCUT2D eigenvalue weighted by molar-refractivity contribution is -0.143. The van der Waals surface area contributed by atoms with Crippen LogP contribution in [0.5, 0.6) is 0 Å². The molecule has 0 spiro atoms. The molecule has 0 heterocycles. The van der Waals surface area contributed by atoms with Gasteiger partial charge in [0.25, 0.3) is 0 Å². The molecular formula is C10H20FNO2. The van der Waals surface area contributed by atoms with Crippen molar-refractivity contribution in [2.24, 2.45) is 0 Å². The quantitative estimate of drug-likeness (QED) is 0.484.